The Balaban J connectivity index is 2.09. The molecule has 0 aliphatic heterocycles. The van der Waals surface area contributed by atoms with E-state index in [1.165, 1.54) is 10.4 Å². The number of hydrogen-bond donors (Lipinski definition) is 0. The van der Waals surface area contributed by atoms with E-state index in [-0.39, 0.29) is 0 Å². The monoisotopic (exact) mass is 276 g/mol. The Kier molecular flexibility index (Phi) is 4.47. The molecule has 0 aliphatic rings. The standard InChI is InChI=1S/C14H20N4S/c1-5-12-8-15-11(3)17-14(12)18(4)7-6-13-10(2)16-9-19-13/h8-9H,5-7H2,1-4H3. The van der Waals surface area contributed by atoms with Crippen LogP contribution in [0.2, 0.25) is 0 Å². The second kappa shape index (κ2) is 6.10. The molecule has 2 heterocycles. The van der Waals surface area contributed by atoms with Gasteiger partial charge in [-0.2, -0.15) is 0 Å². The van der Waals surface area contributed by atoms with E-state index in [0.717, 1.165) is 36.7 Å². The summed E-state index contributed by atoms with van der Waals surface area (Å²) in [7, 11) is 2.09. The van der Waals surface area contributed by atoms with Crippen molar-refractivity contribution >= 4 is 17.2 Å². The molecule has 5 heteroatoms. The Morgan fingerprint density at radius 2 is 2.05 bits per heavy atom. The van der Waals surface area contributed by atoms with E-state index in [4.69, 9.17) is 0 Å². The average Bonchev–Trinajstić information content (AvgIpc) is 2.81. The highest BCUT2D eigenvalue weighted by atomic mass is 32.1. The Bertz CT molecular complexity index is 550. The summed E-state index contributed by atoms with van der Waals surface area (Å²) in [5.74, 6) is 1.88. The Hall–Kier alpha value is -1.49. The number of hydrogen-bond acceptors (Lipinski definition) is 5. The lowest BCUT2D eigenvalue weighted by Gasteiger charge is -2.20. The second-order valence-electron chi connectivity index (χ2n) is 4.65. The van der Waals surface area contributed by atoms with E-state index < -0.39 is 0 Å². The molecule has 0 saturated carbocycles. The van der Waals surface area contributed by atoms with Crippen LogP contribution >= 0.6 is 11.3 Å². The summed E-state index contributed by atoms with van der Waals surface area (Å²) in [5.41, 5.74) is 4.26. The van der Waals surface area contributed by atoms with Gasteiger partial charge >= 0.3 is 0 Å². The number of likely N-dealkylation sites (N-methyl/N-ethyl adjacent to an activating group) is 1. The highest BCUT2D eigenvalue weighted by molar-refractivity contribution is 7.09. The van der Waals surface area contributed by atoms with Crippen molar-refractivity contribution in [1.82, 2.24) is 15.0 Å². The normalized spacial score (nSPS) is 10.7. The van der Waals surface area contributed by atoms with Gasteiger partial charge in [0, 0.05) is 36.7 Å². The van der Waals surface area contributed by atoms with Crippen molar-refractivity contribution in [3.05, 3.63) is 33.7 Å². The Morgan fingerprint density at radius 1 is 1.26 bits per heavy atom. The van der Waals surface area contributed by atoms with Gasteiger partial charge in [-0.15, -0.1) is 11.3 Å². The second-order valence-corrected chi connectivity index (χ2v) is 5.59. The molecular weight excluding hydrogens is 256 g/mol. The smallest absolute Gasteiger partial charge is 0.135 e. The van der Waals surface area contributed by atoms with E-state index in [9.17, 15) is 0 Å². The van der Waals surface area contributed by atoms with Crippen molar-refractivity contribution in [3.63, 3.8) is 0 Å². The molecule has 0 atom stereocenters. The van der Waals surface area contributed by atoms with Crippen molar-refractivity contribution in [3.8, 4) is 0 Å². The highest BCUT2D eigenvalue weighted by Gasteiger charge is 2.10. The first-order chi connectivity index (χ1) is 9.11. The lowest BCUT2D eigenvalue weighted by atomic mass is 10.2. The molecule has 0 radical (unpaired) electrons. The van der Waals surface area contributed by atoms with Crippen molar-refractivity contribution < 1.29 is 0 Å². The fourth-order valence-electron chi connectivity index (χ4n) is 2.00. The fourth-order valence-corrected chi connectivity index (χ4v) is 2.77. The minimum atomic E-state index is 0.827. The molecule has 2 rings (SSSR count). The van der Waals surface area contributed by atoms with Crippen LogP contribution in [0, 0.1) is 13.8 Å². The molecule has 0 amide bonds. The minimum absolute atomic E-state index is 0.827. The van der Waals surface area contributed by atoms with Gasteiger partial charge < -0.3 is 4.90 Å². The van der Waals surface area contributed by atoms with Crippen molar-refractivity contribution in [1.29, 1.82) is 0 Å². The van der Waals surface area contributed by atoms with E-state index in [1.54, 1.807) is 11.3 Å². The van der Waals surface area contributed by atoms with Crippen LogP contribution in [0.25, 0.3) is 0 Å². The average molecular weight is 276 g/mol. The number of anilines is 1. The largest absolute Gasteiger partial charge is 0.359 e. The van der Waals surface area contributed by atoms with Gasteiger partial charge in [0.25, 0.3) is 0 Å². The Morgan fingerprint density at radius 3 is 2.68 bits per heavy atom. The first-order valence-electron chi connectivity index (χ1n) is 6.54. The van der Waals surface area contributed by atoms with Crippen LogP contribution in [0.5, 0.6) is 0 Å². The predicted molar refractivity (Wildman–Crippen MR) is 80.0 cm³/mol. The number of thiazole rings is 1. The Labute approximate surface area is 118 Å². The minimum Gasteiger partial charge on any atom is -0.359 e. The molecule has 0 aliphatic carbocycles. The summed E-state index contributed by atoms with van der Waals surface area (Å²) in [6.45, 7) is 7.09. The van der Waals surface area contributed by atoms with Crippen LogP contribution in [0.1, 0.15) is 28.9 Å². The summed E-state index contributed by atoms with van der Waals surface area (Å²) in [4.78, 5) is 16.7. The summed E-state index contributed by atoms with van der Waals surface area (Å²) in [6, 6.07) is 0. The molecule has 4 nitrogen and oxygen atoms in total. The lowest BCUT2D eigenvalue weighted by molar-refractivity contribution is 0.836. The SMILES string of the molecule is CCc1cnc(C)nc1N(C)CCc1scnc1C. The summed E-state index contributed by atoms with van der Waals surface area (Å²) >= 11 is 1.73. The summed E-state index contributed by atoms with van der Waals surface area (Å²) in [5, 5.41) is 0. The molecular formula is C14H20N4S. The third-order valence-electron chi connectivity index (χ3n) is 3.22. The molecule has 19 heavy (non-hydrogen) atoms. The third-order valence-corrected chi connectivity index (χ3v) is 4.22. The van der Waals surface area contributed by atoms with Crippen LogP contribution in [0.3, 0.4) is 0 Å². The van der Waals surface area contributed by atoms with Gasteiger partial charge in [0.15, 0.2) is 0 Å². The molecule has 2 aromatic heterocycles. The van der Waals surface area contributed by atoms with Gasteiger partial charge in [0.2, 0.25) is 0 Å². The van der Waals surface area contributed by atoms with E-state index in [0.29, 0.717) is 0 Å². The van der Waals surface area contributed by atoms with Crippen LogP contribution in [0.15, 0.2) is 11.7 Å². The topological polar surface area (TPSA) is 41.9 Å². The van der Waals surface area contributed by atoms with Crippen molar-refractivity contribution in [2.24, 2.45) is 0 Å². The molecule has 0 N–H and O–H groups in total. The zero-order valence-corrected chi connectivity index (χ0v) is 12.8. The lowest BCUT2D eigenvalue weighted by Crippen LogP contribution is -2.23. The molecule has 0 bridgehead atoms. The first-order valence-corrected chi connectivity index (χ1v) is 7.42. The summed E-state index contributed by atoms with van der Waals surface area (Å²) in [6.07, 6.45) is 3.91. The van der Waals surface area contributed by atoms with Gasteiger partial charge in [0.05, 0.1) is 11.2 Å². The molecule has 0 fully saturated rings. The number of rotatable bonds is 5. The predicted octanol–water partition coefficient (Wildman–Crippen LogP) is 2.79. The van der Waals surface area contributed by atoms with Gasteiger partial charge in [-0.05, 0) is 20.3 Å². The van der Waals surface area contributed by atoms with Crippen LogP contribution in [-0.4, -0.2) is 28.5 Å². The molecule has 0 aromatic carbocycles. The van der Waals surface area contributed by atoms with E-state index in [1.807, 2.05) is 18.6 Å². The molecule has 0 unspecified atom stereocenters. The maximum Gasteiger partial charge on any atom is 0.135 e. The van der Waals surface area contributed by atoms with Gasteiger partial charge in [0.1, 0.15) is 11.6 Å². The van der Waals surface area contributed by atoms with Gasteiger partial charge in [-0.3, -0.25) is 0 Å². The maximum absolute atomic E-state index is 4.57. The summed E-state index contributed by atoms with van der Waals surface area (Å²) < 4.78 is 0. The van der Waals surface area contributed by atoms with E-state index in [2.05, 4.69) is 40.7 Å². The van der Waals surface area contributed by atoms with Crippen LogP contribution < -0.4 is 4.90 Å². The van der Waals surface area contributed by atoms with E-state index >= 15 is 0 Å². The third kappa shape index (κ3) is 3.29. The molecule has 2 aromatic rings. The first kappa shape index (κ1) is 13.9. The fraction of sp³-hybridized carbons (Fsp3) is 0.500. The highest BCUT2D eigenvalue weighted by Crippen LogP contribution is 2.18. The van der Waals surface area contributed by atoms with Crippen molar-refractivity contribution in [2.45, 2.75) is 33.6 Å². The zero-order chi connectivity index (χ0) is 13.8. The van der Waals surface area contributed by atoms with Crippen molar-refractivity contribution in [2.75, 3.05) is 18.5 Å². The molecule has 0 saturated heterocycles. The number of aromatic nitrogens is 3. The molecule has 0 spiro atoms. The number of nitrogens with zero attached hydrogens (tertiary/aromatic N) is 4. The van der Waals surface area contributed by atoms with Gasteiger partial charge in [-0.25, -0.2) is 15.0 Å². The van der Waals surface area contributed by atoms with Crippen LogP contribution in [0.4, 0.5) is 5.82 Å². The zero-order valence-electron chi connectivity index (χ0n) is 12.0. The number of aryl methyl sites for hydroxylation is 3. The quantitative estimate of drug-likeness (QED) is 0.842. The van der Waals surface area contributed by atoms with Gasteiger partial charge in [-0.1, -0.05) is 6.92 Å². The maximum atomic E-state index is 4.57. The molecule has 102 valence electrons. The van der Waals surface area contributed by atoms with Crippen LogP contribution in [-0.2, 0) is 12.8 Å².